The molecule has 1 heteroatoms. The first kappa shape index (κ1) is 12.9. The molecule has 2 atom stereocenters. The molecule has 1 nitrogen and oxygen atoms in total. The summed E-state index contributed by atoms with van der Waals surface area (Å²) >= 11 is 0. The van der Waals surface area contributed by atoms with Gasteiger partial charge in [-0.05, 0) is 54.7 Å². The number of carbonyl (C=O) groups excluding carboxylic acids is 1. The maximum Gasteiger partial charge on any atom is 0.140 e. The van der Waals surface area contributed by atoms with Gasteiger partial charge in [-0.25, -0.2) is 0 Å². The summed E-state index contributed by atoms with van der Waals surface area (Å²) in [6.45, 7) is 2.29. The fourth-order valence-electron chi connectivity index (χ4n) is 3.81. The van der Waals surface area contributed by atoms with Gasteiger partial charge in [0.25, 0.3) is 0 Å². The molecule has 2 aliphatic carbocycles. The molecule has 2 aliphatic rings. The summed E-state index contributed by atoms with van der Waals surface area (Å²) in [5.41, 5.74) is 4.23. The Morgan fingerprint density at radius 3 is 2.84 bits per heavy atom. The third kappa shape index (κ3) is 2.91. The Morgan fingerprint density at radius 2 is 2.00 bits per heavy atom. The van der Waals surface area contributed by atoms with Crippen LogP contribution in [0.2, 0.25) is 0 Å². The highest BCUT2D eigenvalue weighted by Gasteiger charge is 2.25. The summed E-state index contributed by atoms with van der Waals surface area (Å²) in [6, 6.07) is 6.70. The van der Waals surface area contributed by atoms with E-state index in [0.29, 0.717) is 18.1 Å². The number of fused-ring (bicyclic) bond motifs is 1. The van der Waals surface area contributed by atoms with Crippen molar-refractivity contribution < 1.29 is 4.79 Å². The predicted molar refractivity (Wildman–Crippen MR) is 78.3 cm³/mol. The number of aryl methyl sites for hydroxylation is 2. The van der Waals surface area contributed by atoms with E-state index in [1.54, 1.807) is 0 Å². The van der Waals surface area contributed by atoms with Gasteiger partial charge in [0, 0.05) is 12.3 Å². The Hall–Kier alpha value is -1.11. The minimum Gasteiger partial charge on any atom is -0.299 e. The zero-order chi connectivity index (χ0) is 13.2. The first-order valence-corrected chi connectivity index (χ1v) is 7.86. The third-order valence-electron chi connectivity index (χ3n) is 4.93. The molecular formula is C18H24O. The maximum atomic E-state index is 12.4. The third-order valence-corrected chi connectivity index (χ3v) is 4.93. The zero-order valence-corrected chi connectivity index (χ0v) is 12.0. The van der Waals surface area contributed by atoms with E-state index >= 15 is 0 Å². The highest BCUT2D eigenvalue weighted by molar-refractivity contribution is 5.83. The number of carbonyl (C=O) groups is 1. The Bertz CT molecular complexity index is 475. The van der Waals surface area contributed by atoms with Crippen molar-refractivity contribution in [3.05, 3.63) is 34.9 Å². The van der Waals surface area contributed by atoms with Crippen LogP contribution >= 0.6 is 0 Å². The first-order chi connectivity index (χ1) is 9.22. The van der Waals surface area contributed by atoms with Crippen LogP contribution in [-0.2, 0) is 24.1 Å². The molecule has 0 spiro atoms. The van der Waals surface area contributed by atoms with Crippen LogP contribution in [-0.4, -0.2) is 5.78 Å². The van der Waals surface area contributed by atoms with Crippen molar-refractivity contribution in [2.24, 2.45) is 11.8 Å². The van der Waals surface area contributed by atoms with Crippen LogP contribution in [0.4, 0.5) is 0 Å². The SMILES string of the molecule is CC1CCCC(C(=O)Cc2ccc3c(c2)CCC3)C1. The van der Waals surface area contributed by atoms with Crippen molar-refractivity contribution in [1.29, 1.82) is 0 Å². The standard InChI is InChI=1S/C18H24O/c1-13-4-2-7-17(10-13)18(19)12-14-8-9-15-5-3-6-16(15)11-14/h8-9,11,13,17H,2-7,10,12H2,1H3. The summed E-state index contributed by atoms with van der Waals surface area (Å²) in [5.74, 6) is 1.55. The van der Waals surface area contributed by atoms with Gasteiger partial charge < -0.3 is 0 Å². The van der Waals surface area contributed by atoms with Crippen LogP contribution in [0.5, 0.6) is 0 Å². The highest BCUT2D eigenvalue weighted by atomic mass is 16.1. The smallest absolute Gasteiger partial charge is 0.140 e. The van der Waals surface area contributed by atoms with Gasteiger partial charge in [0.05, 0.1) is 0 Å². The van der Waals surface area contributed by atoms with E-state index < -0.39 is 0 Å². The first-order valence-electron chi connectivity index (χ1n) is 7.86. The lowest BCUT2D eigenvalue weighted by Crippen LogP contribution is -2.23. The summed E-state index contributed by atoms with van der Waals surface area (Å²) in [6.07, 6.45) is 9.15. The monoisotopic (exact) mass is 256 g/mol. The van der Waals surface area contributed by atoms with E-state index in [1.165, 1.54) is 48.8 Å². The van der Waals surface area contributed by atoms with Crippen LogP contribution in [0.3, 0.4) is 0 Å². The molecule has 102 valence electrons. The van der Waals surface area contributed by atoms with Crippen molar-refractivity contribution in [3.63, 3.8) is 0 Å². The van der Waals surface area contributed by atoms with Gasteiger partial charge >= 0.3 is 0 Å². The van der Waals surface area contributed by atoms with Gasteiger partial charge in [0.2, 0.25) is 0 Å². The van der Waals surface area contributed by atoms with Crippen molar-refractivity contribution in [2.45, 2.75) is 58.3 Å². The Balaban J connectivity index is 1.66. The van der Waals surface area contributed by atoms with E-state index in [9.17, 15) is 4.79 Å². The molecule has 19 heavy (non-hydrogen) atoms. The van der Waals surface area contributed by atoms with Gasteiger partial charge in [0.1, 0.15) is 5.78 Å². The normalized spacial score (nSPS) is 26.2. The molecule has 0 bridgehead atoms. The molecule has 0 radical (unpaired) electrons. The number of rotatable bonds is 3. The minimum atomic E-state index is 0.331. The van der Waals surface area contributed by atoms with Crippen LogP contribution in [0.1, 0.15) is 55.7 Å². The van der Waals surface area contributed by atoms with Gasteiger partial charge in [-0.3, -0.25) is 4.79 Å². The topological polar surface area (TPSA) is 17.1 Å². The molecule has 0 aromatic heterocycles. The van der Waals surface area contributed by atoms with Gasteiger partial charge in [0.15, 0.2) is 0 Å². The van der Waals surface area contributed by atoms with Gasteiger partial charge in [-0.1, -0.05) is 38.0 Å². The number of hydrogen-bond donors (Lipinski definition) is 0. The van der Waals surface area contributed by atoms with Crippen molar-refractivity contribution >= 4 is 5.78 Å². The second kappa shape index (κ2) is 5.48. The van der Waals surface area contributed by atoms with E-state index in [4.69, 9.17) is 0 Å². The molecule has 0 N–H and O–H groups in total. The lowest BCUT2D eigenvalue weighted by molar-refractivity contribution is -0.123. The fraction of sp³-hybridized carbons (Fsp3) is 0.611. The lowest BCUT2D eigenvalue weighted by Gasteiger charge is -2.25. The molecule has 2 unspecified atom stereocenters. The number of ketones is 1. The molecule has 1 aromatic carbocycles. The predicted octanol–water partition coefficient (Wildman–Crippen LogP) is 4.11. The molecule has 3 rings (SSSR count). The molecule has 0 amide bonds. The van der Waals surface area contributed by atoms with Crippen LogP contribution in [0, 0.1) is 11.8 Å². The zero-order valence-electron chi connectivity index (χ0n) is 12.0. The summed E-state index contributed by atoms with van der Waals surface area (Å²) in [5, 5.41) is 0. The number of hydrogen-bond acceptors (Lipinski definition) is 1. The second-order valence-electron chi connectivity index (χ2n) is 6.57. The van der Waals surface area contributed by atoms with Crippen molar-refractivity contribution in [1.82, 2.24) is 0 Å². The Morgan fingerprint density at radius 1 is 1.16 bits per heavy atom. The minimum absolute atomic E-state index is 0.331. The Kier molecular flexibility index (Phi) is 3.72. The summed E-state index contributed by atoms with van der Waals surface area (Å²) < 4.78 is 0. The molecule has 0 heterocycles. The number of Topliss-reactive ketones (excluding diaryl/α,β-unsaturated/α-hetero) is 1. The summed E-state index contributed by atoms with van der Waals surface area (Å²) in [7, 11) is 0. The molecular weight excluding hydrogens is 232 g/mol. The maximum absolute atomic E-state index is 12.4. The summed E-state index contributed by atoms with van der Waals surface area (Å²) in [4.78, 5) is 12.4. The molecule has 0 saturated heterocycles. The largest absolute Gasteiger partial charge is 0.299 e. The van der Waals surface area contributed by atoms with Crippen LogP contribution in [0.15, 0.2) is 18.2 Å². The van der Waals surface area contributed by atoms with Crippen LogP contribution in [0.25, 0.3) is 0 Å². The van der Waals surface area contributed by atoms with E-state index in [2.05, 4.69) is 25.1 Å². The fourth-order valence-corrected chi connectivity index (χ4v) is 3.81. The van der Waals surface area contributed by atoms with Crippen molar-refractivity contribution in [2.75, 3.05) is 0 Å². The van der Waals surface area contributed by atoms with E-state index in [1.807, 2.05) is 0 Å². The van der Waals surface area contributed by atoms with Gasteiger partial charge in [-0.15, -0.1) is 0 Å². The average molecular weight is 256 g/mol. The highest BCUT2D eigenvalue weighted by Crippen LogP contribution is 2.30. The van der Waals surface area contributed by atoms with Crippen molar-refractivity contribution in [3.8, 4) is 0 Å². The van der Waals surface area contributed by atoms with E-state index in [0.717, 1.165) is 18.8 Å². The average Bonchev–Trinajstić information content (AvgIpc) is 2.86. The molecule has 1 fully saturated rings. The molecule has 0 aliphatic heterocycles. The van der Waals surface area contributed by atoms with Gasteiger partial charge in [-0.2, -0.15) is 0 Å². The Labute approximate surface area is 116 Å². The quantitative estimate of drug-likeness (QED) is 0.795. The second-order valence-corrected chi connectivity index (χ2v) is 6.57. The lowest BCUT2D eigenvalue weighted by atomic mass is 9.79. The molecule has 1 aromatic rings. The number of benzene rings is 1. The molecule has 1 saturated carbocycles. The van der Waals surface area contributed by atoms with Crippen LogP contribution < -0.4 is 0 Å². The van der Waals surface area contributed by atoms with E-state index in [-0.39, 0.29) is 0 Å².